The third-order valence-corrected chi connectivity index (χ3v) is 4.89. The lowest BCUT2D eigenvalue weighted by Crippen LogP contribution is -2.23. The van der Waals surface area contributed by atoms with Gasteiger partial charge < -0.3 is 4.74 Å². The summed E-state index contributed by atoms with van der Waals surface area (Å²) in [5.74, 6) is 0.967. The van der Waals surface area contributed by atoms with Gasteiger partial charge in [-0.3, -0.25) is 0 Å². The van der Waals surface area contributed by atoms with Gasteiger partial charge in [-0.1, -0.05) is 26.0 Å². The Bertz CT molecular complexity index is 381. The SMILES string of the molecule is C=CC(=O)OC1C(=C2CCCC2CC)CCC1CC. The van der Waals surface area contributed by atoms with E-state index < -0.39 is 0 Å². The van der Waals surface area contributed by atoms with Crippen LogP contribution in [-0.2, 0) is 9.53 Å². The van der Waals surface area contributed by atoms with Gasteiger partial charge in [0.2, 0.25) is 0 Å². The lowest BCUT2D eigenvalue weighted by molar-refractivity contribution is -0.142. The zero-order chi connectivity index (χ0) is 13.8. The van der Waals surface area contributed by atoms with Gasteiger partial charge in [0.25, 0.3) is 0 Å². The van der Waals surface area contributed by atoms with E-state index in [0.29, 0.717) is 5.92 Å². The van der Waals surface area contributed by atoms with Crippen molar-refractivity contribution >= 4 is 5.97 Å². The van der Waals surface area contributed by atoms with Crippen LogP contribution in [0.3, 0.4) is 0 Å². The Balaban J connectivity index is 2.24. The molecule has 0 spiro atoms. The number of ether oxygens (including phenoxy) is 1. The lowest BCUT2D eigenvalue weighted by Gasteiger charge is -2.22. The van der Waals surface area contributed by atoms with E-state index in [1.165, 1.54) is 43.8 Å². The van der Waals surface area contributed by atoms with Crippen molar-refractivity contribution in [3.63, 3.8) is 0 Å². The van der Waals surface area contributed by atoms with Crippen LogP contribution in [0.2, 0.25) is 0 Å². The standard InChI is InChI=1S/C17H26O2/c1-4-12-8-7-9-14(12)15-11-10-13(5-2)17(15)19-16(18)6-3/h6,12-13,17H,3-5,7-11H2,1-2H3. The van der Waals surface area contributed by atoms with Crippen LogP contribution >= 0.6 is 0 Å². The first kappa shape index (κ1) is 14.4. The lowest BCUT2D eigenvalue weighted by atomic mass is 9.92. The summed E-state index contributed by atoms with van der Waals surface area (Å²) in [6.07, 6.45) is 9.74. The van der Waals surface area contributed by atoms with E-state index in [9.17, 15) is 4.79 Å². The van der Waals surface area contributed by atoms with Crippen LogP contribution in [0.15, 0.2) is 23.8 Å². The number of hydrogen-bond acceptors (Lipinski definition) is 2. The number of allylic oxidation sites excluding steroid dienone is 1. The molecule has 0 amide bonds. The molecule has 2 rings (SSSR count). The molecule has 19 heavy (non-hydrogen) atoms. The quantitative estimate of drug-likeness (QED) is 0.426. The highest BCUT2D eigenvalue weighted by atomic mass is 16.5. The van der Waals surface area contributed by atoms with Gasteiger partial charge in [-0.2, -0.15) is 0 Å². The van der Waals surface area contributed by atoms with Gasteiger partial charge in [0.05, 0.1) is 0 Å². The third kappa shape index (κ3) is 2.93. The molecule has 2 nitrogen and oxygen atoms in total. The van der Waals surface area contributed by atoms with Crippen LogP contribution in [0.4, 0.5) is 0 Å². The average Bonchev–Trinajstić information content (AvgIpc) is 3.03. The summed E-state index contributed by atoms with van der Waals surface area (Å²) >= 11 is 0. The number of rotatable bonds is 4. The fourth-order valence-electron chi connectivity index (χ4n) is 3.81. The summed E-state index contributed by atoms with van der Waals surface area (Å²) in [7, 11) is 0. The van der Waals surface area contributed by atoms with Crippen molar-refractivity contribution in [2.24, 2.45) is 11.8 Å². The van der Waals surface area contributed by atoms with Gasteiger partial charge >= 0.3 is 5.97 Å². The van der Waals surface area contributed by atoms with Gasteiger partial charge in [-0.05, 0) is 62.4 Å². The topological polar surface area (TPSA) is 26.3 Å². The maximum atomic E-state index is 11.6. The summed E-state index contributed by atoms with van der Waals surface area (Å²) in [4.78, 5) is 11.6. The molecule has 0 radical (unpaired) electrons. The zero-order valence-corrected chi connectivity index (χ0v) is 12.3. The molecule has 106 valence electrons. The van der Waals surface area contributed by atoms with E-state index in [1.807, 2.05) is 0 Å². The van der Waals surface area contributed by atoms with Crippen LogP contribution in [-0.4, -0.2) is 12.1 Å². The molecule has 2 aliphatic rings. The van der Waals surface area contributed by atoms with Crippen molar-refractivity contribution in [1.29, 1.82) is 0 Å². The molecule has 0 saturated heterocycles. The van der Waals surface area contributed by atoms with Crippen molar-refractivity contribution in [1.82, 2.24) is 0 Å². The first-order valence-corrected chi connectivity index (χ1v) is 7.76. The van der Waals surface area contributed by atoms with Gasteiger partial charge in [-0.25, -0.2) is 4.79 Å². The minimum atomic E-state index is -0.269. The van der Waals surface area contributed by atoms with E-state index in [2.05, 4.69) is 20.4 Å². The molecule has 2 aliphatic carbocycles. The molecule has 0 aromatic rings. The molecule has 3 atom stereocenters. The molecule has 2 saturated carbocycles. The van der Waals surface area contributed by atoms with E-state index in [0.717, 1.165) is 18.8 Å². The second-order valence-electron chi connectivity index (χ2n) is 5.82. The second kappa shape index (κ2) is 6.40. The van der Waals surface area contributed by atoms with Crippen molar-refractivity contribution < 1.29 is 9.53 Å². The number of carbonyl (C=O) groups excluding carboxylic acids is 1. The molecule has 2 heteroatoms. The molecule has 2 fully saturated rings. The van der Waals surface area contributed by atoms with Gasteiger partial charge in [-0.15, -0.1) is 0 Å². The highest BCUT2D eigenvalue weighted by Crippen LogP contribution is 2.44. The molecular weight excluding hydrogens is 236 g/mol. The summed E-state index contributed by atoms with van der Waals surface area (Å²) in [5.41, 5.74) is 3.06. The van der Waals surface area contributed by atoms with Crippen molar-refractivity contribution in [2.75, 3.05) is 0 Å². The summed E-state index contributed by atoms with van der Waals surface area (Å²) < 4.78 is 5.67. The second-order valence-corrected chi connectivity index (χ2v) is 5.82. The smallest absolute Gasteiger partial charge is 0.330 e. The zero-order valence-electron chi connectivity index (χ0n) is 12.3. The Hall–Kier alpha value is -1.05. The van der Waals surface area contributed by atoms with Crippen molar-refractivity contribution in [3.8, 4) is 0 Å². The third-order valence-electron chi connectivity index (χ3n) is 4.89. The molecule has 0 heterocycles. The monoisotopic (exact) mass is 262 g/mol. The molecule has 0 aromatic carbocycles. The number of carbonyl (C=O) groups is 1. The summed E-state index contributed by atoms with van der Waals surface area (Å²) in [6, 6.07) is 0. The van der Waals surface area contributed by atoms with Crippen molar-refractivity contribution in [2.45, 2.75) is 64.9 Å². The van der Waals surface area contributed by atoms with E-state index in [4.69, 9.17) is 4.74 Å². The van der Waals surface area contributed by atoms with Crippen LogP contribution in [0.5, 0.6) is 0 Å². The molecular formula is C17H26O2. The highest BCUT2D eigenvalue weighted by molar-refractivity contribution is 5.81. The minimum Gasteiger partial charge on any atom is -0.454 e. The first-order valence-electron chi connectivity index (χ1n) is 7.76. The predicted molar refractivity (Wildman–Crippen MR) is 77.8 cm³/mol. The van der Waals surface area contributed by atoms with Gasteiger partial charge in [0.15, 0.2) is 0 Å². The Morgan fingerprint density at radius 2 is 2.05 bits per heavy atom. The van der Waals surface area contributed by atoms with Crippen molar-refractivity contribution in [3.05, 3.63) is 23.8 Å². The predicted octanol–water partition coefficient (Wildman–Crippen LogP) is 4.41. The molecule has 0 aromatic heterocycles. The Kier molecular flexibility index (Phi) is 4.84. The maximum absolute atomic E-state index is 11.6. The molecule has 0 aliphatic heterocycles. The number of esters is 1. The first-order chi connectivity index (χ1) is 9.21. The Morgan fingerprint density at radius 1 is 1.26 bits per heavy atom. The highest BCUT2D eigenvalue weighted by Gasteiger charge is 2.37. The maximum Gasteiger partial charge on any atom is 0.330 e. The van der Waals surface area contributed by atoms with Crippen LogP contribution in [0, 0.1) is 11.8 Å². The van der Waals surface area contributed by atoms with Crippen LogP contribution < -0.4 is 0 Å². The Morgan fingerprint density at radius 3 is 2.68 bits per heavy atom. The molecule has 0 N–H and O–H groups in total. The molecule has 3 unspecified atom stereocenters. The van der Waals surface area contributed by atoms with Crippen LogP contribution in [0.1, 0.15) is 58.8 Å². The van der Waals surface area contributed by atoms with Gasteiger partial charge in [0.1, 0.15) is 6.10 Å². The molecule has 0 bridgehead atoms. The normalized spacial score (nSPS) is 34.5. The van der Waals surface area contributed by atoms with E-state index in [-0.39, 0.29) is 12.1 Å². The van der Waals surface area contributed by atoms with Gasteiger partial charge in [0, 0.05) is 6.08 Å². The fraction of sp³-hybridized carbons (Fsp3) is 0.706. The van der Waals surface area contributed by atoms with E-state index >= 15 is 0 Å². The van der Waals surface area contributed by atoms with Crippen LogP contribution in [0.25, 0.3) is 0 Å². The number of hydrogen-bond donors (Lipinski definition) is 0. The summed E-state index contributed by atoms with van der Waals surface area (Å²) in [6.45, 7) is 7.98. The summed E-state index contributed by atoms with van der Waals surface area (Å²) in [5, 5.41) is 0. The van der Waals surface area contributed by atoms with E-state index in [1.54, 1.807) is 5.57 Å². The Labute approximate surface area is 116 Å². The fourth-order valence-corrected chi connectivity index (χ4v) is 3.81. The minimum absolute atomic E-state index is 0.0256. The average molecular weight is 262 g/mol. The largest absolute Gasteiger partial charge is 0.454 e.